The van der Waals surface area contributed by atoms with Crippen LogP contribution in [0.3, 0.4) is 0 Å². The molecule has 0 spiro atoms. The zero-order valence-corrected chi connectivity index (χ0v) is 12.3. The number of benzene rings is 2. The lowest BCUT2D eigenvalue weighted by atomic mass is 9.92. The monoisotopic (exact) mass is 269 g/mol. The summed E-state index contributed by atoms with van der Waals surface area (Å²) < 4.78 is 0. The van der Waals surface area contributed by atoms with E-state index in [2.05, 4.69) is 31.3 Å². The van der Waals surface area contributed by atoms with Crippen molar-refractivity contribution in [3.05, 3.63) is 42.0 Å². The van der Waals surface area contributed by atoms with E-state index >= 15 is 0 Å². The molecule has 0 amide bonds. The van der Waals surface area contributed by atoms with Crippen LogP contribution < -0.4 is 5.32 Å². The van der Waals surface area contributed by atoms with Crippen LogP contribution in [0.1, 0.15) is 38.7 Å². The van der Waals surface area contributed by atoms with Gasteiger partial charge < -0.3 is 10.4 Å². The molecule has 0 aromatic heterocycles. The molecule has 1 aliphatic rings. The van der Waals surface area contributed by atoms with Gasteiger partial charge >= 0.3 is 0 Å². The molecule has 2 aromatic rings. The normalized spacial score (nSPS) is 21.4. The maximum atomic E-state index is 10.1. The van der Waals surface area contributed by atoms with Crippen LogP contribution in [0.4, 0.5) is 0 Å². The fraction of sp³-hybridized carbons (Fsp3) is 0.444. The average Bonchev–Trinajstić information content (AvgIpc) is 2.77. The number of hydrogen-bond acceptors (Lipinski definition) is 2. The Kier molecular flexibility index (Phi) is 3.43. The van der Waals surface area contributed by atoms with Crippen molar-refractivity contribution in [1.29, 1.82) is 0 Å². The van der Waals surface area contributed by atoms with Crippen molar-refractivity contribution in [3.8, 4) is 5.75 Å². The molecule has 2 heteroatoms. The highest BCUT2D eigenvalue weighted by Gasteiger charge is 2.30. The van der Waals surface area contributed by atoms with E-state index in [9.17, 15) is 5.11 Å². The molecule has 1 aliphatic carbocycles. The maximum Gasteiger partial charge on any atom is 0.120 e. The fourth-order valence-corrected chi connectivity index (χ4v) is 3.37. The molecule has 0 radical (unpaired) electrons. The molecule has 3 rings (SSSR count). The number of phenols is 1. The summed E-state index contributed by atoms with van der Waals surface area (Å²) in [5.41, 5.74) is 1.48. The van der Waals surface area contributed by atoms with E-state index in [1.165, 1.54) is 24.6 Å². The van der Waals surface area contributed by atoms with E-state index in [4.69, 9.17) is 0 Å². The smallest absolute Gasteiger partial charge is 0.120 e. The Morgan fingerprint density at radius 1 is 1.20 bits per heavy atom. The van der Waals surface area contributed by atoms with Gasteiger partial charge in [0.05, 0.1) is 0 Å². The van der Waals surface area contributed by atoms with Gasteiger partial charge in [0.15, 0.2) is 0 Å². The number of phenolic OH excluding ortho intramolecular Hbond substituents is 1. The van der Waals surface area contributed by atoms with Crippen LogP contribution in [0.2, 0.25) is 0 Å². The molecule has 0 saturated heterocycles. The highest BCUT2D eigenvalue weighted by molar-refractivity contribution is 5.87. The SMILES string of the molecule is CC1(C)CCC(NCc2c(O)ccc3ccccc23)C1. The van der Waals surface area contributed by atoms with Gasteiger partial charge in [0.2, 0.25) is 0 Å². The maximum absolute atomic E-state index is 10.1. The first-order valence-electron chi connectivity index (χ1n) is 7.48. The first-order chi connectivity index (χ1) is 9.55. The Labute approximate surface area is 120 Å². The lowest BCUT2D eigenvalue weighted by Gasteiger charge is -2.18. The molecule has 2 aromatic carbocycles. The lowest BCUT2D eigenvalue weighted by Crippen LogP contribution is -2.26. The van der Waals surface area contributed by atoms with Gasteiger partial charge in [-0.15, -0.1) is 0 Å². The Hall–Kier alpha value is -1.54. The molecular formula is C18H23NO. The quantitative estimate of drug-likeness (QED) is 0.874. The standard InChI is InChI=1S/C18H23NO/c1-18(2)10-9-14(11-18)19-12-16-15-6-4-3-5-13(15)7-8-17(16)20/h3-8,14,19-20H,9-12H2,1-2H3. The number of nitrogens with one attached hydrogen (secondary N) is 1. The molecule has 20 heavy (non-hydrogen) atoms. The minimum atomic E-state index is 0.397. The minimum absolute atomic E-state index is 0.397. The summed E-state index contributed by atoms with van der Waals surface area (Å²) in [5.74, 6) is 0.397. The zero-order chi connectivity index (χ0) is 14.2. The largest absolute Gasteiger partial charge is 0.508 e. The number of aromatic hydroxyl groups is 1. The molecule has 1 unspecified atom stereocenters. The Balaban J connectivity index is 1.79. The van der Waals surface area contributed by atoms with E-state index in [1.54, 1.807) is 6.07 Å². The van der Waals surface area contributed by atoms with Crippen LogP contribution in [0.15, 0.2) is 36.4 Å². The van der Waals surface area contributed by atoms with Crippen LogP contribution in [-0.4, -0.2) is 11.1 Å². The van der Waals surface area contributed by atoms with Crippen molar-refractivity contribution >= 4 is 10.8 Å². The highest BCUT2D eigenvalue weighted by atomic mass is 16.3. The number of fused-ring (bicyclic) bond motifs is 1. The summed E-state index contributed by atoms with van der Waals surface area (Å²) in [7, 11) is 0. The van der Waals surface area contributed by atoms with Crippen molar-refractivity contribution in [1.82, 2.24) is 5.32 Å². The fourth-order valence-electron chi connectivity index (χ4n) is 3.37. The van der Waals surface area contributed by atoms with Crippen LogP contribution in [0.25, 0.3) is 10.8 Å². The van der Waals surface area contributed by atoms with Gasteiger partial charge in [-0.2, -0.15) is 0 Å². The first-order valence-corrected chi connectivity index (χ1v) is 7.48. The summed E-state index contributed by atoms with van der Waals surface area (Å²) >= 11 is 0. The summed E-state index contributed by atoms with van der Waals surface area (Å²) in [6.07, 6.45) is 3.74. The Morgan fingerprint density at radius 2 is 2.00 bits per heavy atom. The molecule has 2 nitrogen and oxygen atoms in total. The van der Waals surface area contributed by atoms with Gasteiger partial charge in [-0.25, -0.2) is 0 Å². The Bertz CT molecular complexity index is 618. The van der Waals surface area contributed by atoms with Crippen LogP contribution >= 0.6 is 0 Å². The lowest BCUT2D eigenvalue weighted by molar-refractivity contribution is 0.363. The van der Waals surface area contributed by atoms with Crippen molar-refractivity contribution in [2.45, 2.75) is 45.7 Å². The molecule has 1 saturated carbocycles. The molecule has 0 heterocycles. The minimum Gasteiger partial charge on any atom is -0.508 e. The molecule has 0 aliphatic heterocycles. The van der Waals surface area contributed by atoms with E-state index in [1.807, 2.05) is 18.2 Å². The van der Waals surface area contributed by atoms with Gasteiger partial charge in [-0.3, -0.25) is 0 Å². The number of rotatable bonds is 3. The van der Waals surface area contributed by atoms with Crippen molar-refractivity contribution in [2.75, 3.05) is 0 Å². The van der Waals surface area contributed by atoms with Gasteiger partial charge in [0.25, 0.3) is 0 Å². The van der Waals surface area contributed by atoms with Crippen molar-refractivity contribution in [3.63, 3.8) is 0 Å². The third-order valence-electron chi connectivity index (χ3n) is 4.55. The van der Waals surface area contributed by atoms with Crippen molar-refractivity contribution < 1.29 is 5.11 Å². The molecule has 1 atom stereocenters. The molecule has 1 fully saturated rings. The van der Waals surface area contributed by atoms with E-state index < -0.39 is 0 Å². The van der Waals surface area contributed by atoms with Crippen LogP contribution in [0, 0.1) is 5.41 Å². The summed E-state index contributed by atoms with van der Waals surface area (Å²) in [5, 5.41) is 16.1. The summed E-state index contributed by atoms with van der Waals surface area (Å²) in [6.45, 7) is 5.42. The van der Waals surface area contributed by atoms with E-state index in [0.29, 0.717) is 17.2 Å². The molecular weight excluding hydrogens is 246 g/mol. The summed E-state index contributed by atoms with van der Waals surface area (Å²) in [6, 6.07) is 12.6. The Morgan fingerprint density at radius 3 is 2.75 bits per heavy atom. The topological polar surface area (TPSA) is 32.3 Å². The molecule has 106 valence electrons. The van der Waals surface area contributed by atoms with Gasteiger partial charge in [0.1, 0.15) is 5.75 Å². The zero-order valence-electron chi connectivity index (χ0n) is 12.3. The third kappa shape index (κ3) is 2.66. The second-order valence-electron chi connectivity index (χ2n) is 6.77. The van der Waals surface area contributed by atoms with E-state index in [-0.39, 0.29) is 0 Å². The number of hydrogen-bond donors (Lipinski definition) is 2. The second kappa shape index (κ2) is 5.10. The molecule has 0 bridgehead atoms. The van der Waals surface area contributed by atoms with Gasteiger partial charge in [-0.1, -0.05) is 44.2 Å². The van der Waals surface area contributed by atoms with Crippen LogP contribution in [0.5, 0.6) is 5.75 Å². The second-order valence-corrected chi connectivity index (χ2v) is 6.77. The van der Waals surface area contributed by atoms with Crippen molar-refractivity contribution in [2.24, 2.45) is 5.41 Å². The first kappa shape index (κ1) is 13.4. The summed E-state index contributed by atoms with van der Waals surface area (Å²) in [4.78, 5) is 0. The van der Waals surface area contributed by atoms with Crippen LogP contribution in [-0.2, 0) is 6.54 Å². The highest BCUT2D eigenvalue weighted by Crippen LogP contribution is 2.37. The third-order valence-corrected chi connectivity index (χ3v) is 4.55. The predicted octanol–water partition coefficient (Wildman–Crippen LogP) is 4.21. The molecule has 2 N–H and O–H groups in total. The average molecular weight is 269 g/mol. The van der Waals surface area contributed by atoms with Gasteiger partial charge in [0, 0.05) is 18.2 Å². The van der Waals surface area contributed by atoms with E-state index in [0.717, 1.165) is 17.5 Å². The predicted molar refractivity (Wildman–Crippen MR) is 83.9 cm³/mol. The van der Waals surface area contributed by atoms with Gasteiger partial charge in [-0.05, 0) is 41.5 Å².